The zero-order valence-corrected chi connectivity index (χ0v) is 17.7. The molecule has 1 atom stereocenters. The molecule has 154 valence electrons. The fourth-order valence-corrected chi connectivity index (χ4v) is 4.03. The minimum Gasteiger partial charge on any atom is -0.321 e. The Morgan fingerprint density at radius 2 is 2.14 bits per heavy atom. The van der Waals surface area contributed by atoms with Crippen LogP contribution in [0.3, 0.4) is 0 Å². The fourth-order valence-electron chi connectivity index (χ4n) is 3.05. The monoisotopic (exact) mass is 426 g/mol. The van der Waals surface area contributed by atoms with Crippen LogP contribution in [-0.4, -0.2) is 42.4 Å². The first-order valence-electron chi connectivity index (χ1n) is 9.23. The van der Waals surface area contributed by atoms with Gasteiger partial charge in [-0.1, -0.05) is 12.1 Å². The van der Waals surface area contributed by atoms with Crippen molar-refractivity contribution in [2.45, 2.75) is 43.7 Å². The Balaban J connectivity index is 0.00000280. The minimum atomic E-state index is -3.19. The lowest BCUT2D eigenvalue weighted by Gasteiger charge is -2.22. The van der Waals surface area contributed by atoms with Crippen LogP contribution in [0.2, 0.25) is 0 Å². The van der Waals surface area contributed by atoms with Crippen LogP contribution in [0.5, 0.6) is 0 Å². The predicted octanol–water partition coefficient (Wildman–Crippen LogP) is 2.80. The Labute approximate surface area is 172 Å². The molecule has 2 heterocycles. The molecule has 0 spiro atoms. The Morgan fingerprint density at radius 1 is 1.36 bits per heavy atom. The van der Waals surface area contributed by atoms with E-state index in [2.05, 4.69) is 15.7 Å². The minimum absolute atomic E-state index is 0. The predicted molar refractivity (Wildman–Crippen MR) is 113 cm³/mol. The van der Waals surface area contributed by atoms with Gasteiger partial charge in [0.25, 0.3) is 5.91 Å². The van der Waals surface area contributed by atoms with Crippen molar-refractivity contribution < 1.29 is 13.2 Å². The van der Waals surface area contributed by atoms with Crippen LogP contribution >= 0.6 is 12.4 Å². The smallest absolute Gasteiger partial charge is 0.276 e. The van der Waals surface area contributed by atoms with Crippen molar-refractivity contribution in [2.75, 3.05) is 18.4 Å². The molecular formula is C19H27ClN4O3S. The number of rotatable bonds is 6. The van der Waals surface area contributed by atoms with Crippen molar-refractivity contribution in [1.29, 1.82) is 0 Å². The molecule has 2 N–H and O–H groups in total. The van der Waals surface area contributed by atoms with Gasteiger partial charge in [-0.15, -0.1) is 12.4 Å². The van der Waals surface area contributed by atoms with Gasteiger partial charge in [-0.3, -0.25) is 9.48 Å². The van der Waals surface area contributed by atoms with Gasteiger partial charge in [0.15, 0.2) is 15.5 Å². The van der Waals surface area contributed by atoms with Crippen LogP contribution in [0.1, 0.15) is 48.8 Å². The average molecular weight is 427 g/mol. The number of nitrogens with one attached hydrogen (secondary N) is 2. The number of benzene rings is 1. The largest absolute Gasteiger partial charge is 0.321 e. The molecule has 1 fully saturated rings. The first-order chi connectivity index (χ1) is 12.8. The van der Waals surface area contributed by atoms with Crippen molar-refractivity contribution in [3.8, 4) is 0 Å². The lowest BCUT2D eigenvalue weighted by atomic mass is 10.1. The summed E-state index contributed by atoms with van der Waals surface area (Å²) < 4.78 is 26.0. The number of carbonyl (C=O) groups is 1. The van der Waals surface area contributed by atoms with Crippen LogP contribution in [-0.2, 0) is 15.6 Å². The Kier molecular flexibility index (Phi) is 7.63. The Hall–Kier alpha value is -1.90. The number of hydrogen-bond donors (Lipinski definition) is 2. The van der Waals surface area contributed by atoms with Crippen LogP contribution in [0, 0.1) is 0 Å². The molecule has 0 bridgehead atoms. The second kappa shape index (κ2) is 9.54. The summed E-state index contributed by atoms with van der Waals surface area (Å²) in [6.45, 7) is 5.21. The molecule has 9 heteroatoms. The number of halogens is 1. The summed E-state index contributed by atoms with van der Waals surface area (Å²) in [5.41, 5.74) is 1.56. The van der Waals surface area contributed by atoms with Crippen molar-refractivity contribution in [3.05, 3.63) is 47.8 Å². The van der Waals surface area contributed by atoms with Crippen molar-refractivity contribution in [2.24, 2.45) is 0 Å². The number of hydrogen-bond acceptors (Lipinski definition) is 5. The molecule has 2 aromatic rings. The van der Waals surface area contributed by atoms with E-state index in [-0.39, 0.29) is 30.1 Å². The van der Waals surface area contributed by atoms with E-state index in [1.807, 2.05) is 10.9 Å². The summed E-state index contributed by atoms with van der Waals surface area (Å²) >= 11 is 0. The number of aromatic nitrogens is 2. The molecule has 1 aromatic heterocycles. The summed E-state index contributed by atoms with van der Waals surface area (Å²) in [5, 5.41) is 10.1. The highest BCUT2D eigenvalue weighted by atomic mass is 35.5. The number of nitrogens with zero attached hydrogens (tertiary/aromatic N) is 2. The van der Waals surface area contributed by atoms with E-state index in [0.717, 1.165) is 25.9 Å². The first kappa shape index (κ1) is 22.4. The van der Waals surface area contributed by atoms with Crippen molar-refractivity contribution in [3.63, 3.8) is 0 Å². The van der Waals surface area contributed by atoms with Gasteiger partial charge in [0.05, 0.1) is 17.0 Å². The standard InChI is InChI=1S/C19H26N4O3S.ClH/c1-14(2)27(25,26)13-15-5-3-6-16(11-15)21-19(24)18-8-10-23(22-18)17-7-4-9-20-12-17;/h3,5-6,8,10-11,14,17,20H,4,7,9,12-13H2,1-2H3,(H,21,24);1H. The average Bonchev–Trinajstić information content (AvgIpc) is 3.12. The maximum atomic E-state index is 12.5. The second-order valence-electron chi connectivity index (χ2n) is 7.19. The van der Waals surface area contributed by atoms with Crippen molar-refractivity contribution >= 4 is 33.8 Å². The number of piperidine rings is 1. The molecule has 1 aliphatic heterocycles. The molecular weight excluding hydrogens is 400 g/mol. The summed E-state index contributed by atoms with van der Waals surface area (Å²) in [6.07, 6.45) is 3.97. The lowest BCUT2D eigenvalue weighted by molar-refractivity contribution is 0.102. The van der Waals surface area contributed by atoms with E-state index in [0.29, 0.717) is 16.9 Å². The molecule has 0 aliphatic carbocycles. The number of anilines is 1. The van der Waals surface area contributed by atoms with Gasteiger partial charge in [-0.05, 0) is 57.0 Å². The van der Waals surface area contributed by atoms with E-state index in [1.54, 1.807) is 44.2 Å². The van der Waals surface area contributed by atoms with Crippen LogP contribution in [0.15, 0.2) is 36.5 Å². The number of sulfone groups is 1. The van der Waals surface area contributed by atoms with Crippen molar-refractivity contribution in [1.82, 2.24) is 15.1 Å². The quantitative estimate of drug-likeness (QED) is 0.740. The number of carbonyl (C=O) groups excluding carboxylic acids is 1. The van der Waals surface area contributed by atoms with Gasteiger partial charge >= 0.3 is 0 Å². The van der Waals surface area contributed by atoms with Gasteiger partial charge in [0.2, 0.25) is 0 Å². The summed E-state index contributed by atoms with van der Waals surface area (Å²) in [5.74, 6) is -0.348. The van der Waals surface area contributed by atoms with E-state index in [4.69, 9.17) is 0 Å². The highest BCUT2D eigenvalue weighted by Crippen LogP contribution is 2.18. The molecule has 0 saturated carbocycles. The fraction of sp³-hybridized carbons (Fsp3) is 0.474. The molecule has 1 saturated heterocycles. The summed E-state index contributed by atoms with van der Waals surface area (Å²) in [7, 11) is -3.19. The van der Waals surface area contributed by atoms with Crippen LogP contribution < -0.4 is 10.6 Å². The molecule has 7 nitrogen and oxygen atoms in total. The molecule has 1 unspecified atom stereocenters. The Bertz CT molecular complexity index is 905. The van der Waals surface area contributed by atoms with Gasteiger partial charge < -0.3 is 10.6 Å². The molecule has 3 rings (SSSR count). The summed E-state index contributed by atoms with van der Waals surface area (Å²) in [4.78, 5) is 12.5. The molecule has 1 aliphatic rings. The van der Waals surface area contributed by atoms with E-state index in [9.17, 15) is 13.2 Å². The second-order valence-corrected chi connectivity index (χ2v) is 9.75. The molecule has 1 aromatic carbocycles. The summed E-state index contributed by atoms with van der Waals surface area (Å²) in [6, 6.07) is 8.90. The highest BCUT2D eigenvalue weighted by Gasteiger charge is 2.19. The van der Waals surface area contributed by atoms with Crippen LogP contribution in [0.25, 0.3) is 0 Å². The normalized spacial score (nSPS) is 17.2. The van der Waals surface area contributed by atoms with E-state index < -0.39 is 15.1 Å². The SMILES string of the molecule is CC(C)S(=O)(=O)Cc1cccc(NC(=O)c2ccn(C3CCCNC3)n2)c1.Cl. The number of amides is 1. The van der Waals surface area contributed by atoms with Crippen LogP contribution in [0.4, 0.5) is 5.69 Å². The van der Waals surface area contributed by atoms with Gasteiger partial charge in [-0.2, -0.15) is 5.10 Å². The highest BCUT2D eigenvalue weighted by molar-refractivity contribution is 7.91. The van der Waals surface area contributed by atoms with E-state index in [1.165, 1.54) is 0 Å². The van der Waals surface area contributed by atoms with Gasteiger partial charge in [0.1, 0.15) is 0 Å². The zero-order valence-electron chi connectivity index (χ0n) is 16.1. The zero-order chi connectivity index (χ0) is 19.4. The van der Waals surface area contributed by atoms with E-state index >= 15 is 0 Å². The lowest BCUT2D eigenvalue weighted by Crippen LogP contribution is -2.32. The third kappa shape index (κ3) is 5.56. The third-order valence-corrected chi connectivity index (χ3v) is 6.93. The first-order valence-corrected chi connectivity index (χ1v) is 10.9. The maximum absolute atomic E-state index is 12.5. The molecule has 0 radical (unpaired) electrons. The third-order valence-electron chi connectivity index (χ3n) is 4.76. The van der Waals surface area contributed by atoms with Gasteiger partial charge in [-0.25, -0.2) is 8.42 Å². The maximum Gasteiger partial charge on any atom is 0.276 e. The topological polar surface area (TPSA) is 93.1 Å². The molecule has 1 amide bonds. The Morgan fingerprint density at radius 3 is 2.82 bits per heavy atom. The molecule has 28 heavy (non-hydrogen) atoms. The van der Waals surface area contributed by atoms with Gasteiger partial charge in [0, 0.05) is 18.4 Å².